The van der Waals surface area contributed by atoms with Crippen LogP contribution in [0.3, 0.4) is 0 Å². The Bertz CT molecular complexity index is 601. The van der Waals surface area contributed by atoms with Crippen LogP contribution in [0.25, 0.3) is 0 Å². The molecule has 0 bridgehead atoms. The van der Waals surface area contributed by atoms with Crippen LogP contribution >= 0.6 is 23.5 Å². The van der Waals surface area contributed by atoms with Gasteiger partial charge in [0.15, 0.2) is 0 Å². The number of hydrogen-bond acceptors (Lipinski definition) is 5. The number of ether oxygens (including phenoxy) is 1. The molecule has 0 spiro atoms. The zero-order valence-electron chi connectivity index (χ0n) is 12.5. The monoisotopic (exact) mass is 334 g/mol. The number of benzene rings is 1. The average molecular weight is 334 g/mol. The molecule has 0 aliphatic heterocycles. The van der Waals surface area contributed by atoms with E-state index in [2.05, 4.69) is 10.3 Å². The van der Waals surface area contributed by atoms with Gasteiger partial charge in [-0.25, -0.2) is 4.98 Å². The number of rotatable bonds is 7. The van der Waals surface area contributed by atoms with Crippen molar-refractivity contribution in [2.45, 2.75) is 16.8 Å². The van der Waals surface area contributed by atoms with Gasteiger partial charge in [-0.3, -0.25) is 4.79 Å². The van der Waals surface area contributed by atoms with Gasteiger partial charge in [-0.2, -0.15) is 0 Å². The highest BCUT2D eigenvalue weighted by Crippen LogP contribution is 2.22. The van der Waals surface area contributed by atoms with Crippen LogP contribution in [0.2, 0.25) is 0 Å². The molecule has 0 saturated heterocycles. The molecule has 2 aromatic rings. The first-order chi connectivity index (χ1) is 10.7. The number of hydrogen-bond donors (Lipinski definition) is 1. The van der Waals surface area contributed by atoms with Gasteiger partial charge in [0.25, 0.3) is 0 Å². The average Bonchev–Trinajstić information content (AvgIpc) is 2.55. The highest BCUT2D eigenvalue weighted by atomic mass is 32.2. The number of pyridine rings is 1. The quantitative estimate of drug-likeness (QED) is 0.778. The Morgan fingerprint density at radius 1 is 1.23 bits per heavy atom. The van der Waals surface area contributed by atoms with Gasteiger partial charge in [-0.15, -0.1) is 23.5 Å². The number of thioether (sulfide) groups is 2. The Morgan fingerprint density at radius 3 is 2.59 bits per heavy atom. The van der Waals surface area contributed by atoms with E-state index >= 15 is 0 Å². The highest BCUT2D eigenvalue weighted by molar-refractivity contribution is 8.00. The second-order valence-electron chi connectivity index (χ2n) is 4.33. The third kappa shape index (κ3) is 5.27. The number of amides is 1. The Morgan fingerprint density at radius 2 is 2.00 bits per heavy atom. The molecule has 6 heteroatoms. The van der Waals surface area contributed by atoms with E-state index in [1.807, 2.05) is 49.6 Å². The van der Waals surface area contributed by atoms with Crippen molar-refractivity contribution in [1.29, 1.82) is 0 Å². The molecule has 0 fully saturated rings. The van der Waals surface area contributed by atoms with Crippen LogP contribution in [-0.4, -0.2) is 29.5 Å². The van der Waals surface area contributed by atoms with Gasteiger partial charge >= 0.3 is 0 Å². The zero-order chi connectivity index (χ0) is 15.8. The van der Waals surface area contributed by atoms with Gasteiger partial charge in [0, 0.05) is 4.90 Å². The summed E-state index contributed by atoms with van der Waals surface area (Å²) in [5.74, 6) is 1.16. The molecule has 0 radical (unpaired) electrons. The third-order valence-corrected chi connectivity index (χ3v) is 4.41. The lowest BCUT2D eigenvalue weighted by atomic mass is 10.3. The minimum atomic E-state index is -0.0439. The standard InChI is InChI=1S/C16H18N2O2S2/c1-3-20-13-5-7-14(8-6-13)22-11-15(19)18-12-4-9-16(21-2)17-10-12/h4-10H,3,11H2,1-2H3,(H,18,19). The van der Waals surface area contributed by atoms with E-state index in [9.17, 15) is 4.79 Å². The number of aromatic nitrogens is 1. The molecular formula is C16H18N2O2S2. The maximum atomic E-state index is 11.9. The van der Waals surface area contributed by atoms with Gasteiger partial charge in [0.05, 0.1) is 29.3 Å². The van der Waals surface area contributed by atoms with Crippen LogP contribution in [0.1, 0.15) is 6.92 Å². The Labute approximate surface area is 139 Å². The number of anilines is 1. The first-order valence-electron chi connectivity index (χ1n) is 6.87. The number of nitrogens with zero attached hydrogens (tertiary/aromatic N) is 1. The predicted octanol–water partition coefficient (Wildman–Crippen LogP) is 3.93. The van der Waals surface area contributed by atoms with Crippen LogP contribution < -0.4 is 10.1 Å². The van der Waals surface area contributed by atoms with Crippen molar-refractivity contribution < 1.29 is 9.53 Å². The van der Waals surface area contributed by atoms with Crippen LogP contribution in [0.5, 0.6) is 5.75 Å². The fourth-order valence-electron chi connectivity index (χ4n) is 1.72. The van der Waals surface area contributed by atoms with Crippen LogP contribution in [0, 0.1) is 0 Å². The molecule has 0 saturated carbocycles. The maximum Gasteiger partial charge on any atom is 0.234 e. The molecule has 2 rings (SSSR count). The van der Waals surface area contributed by atoms with Crippen molar-refractivity contribution in [2.75, 3.05) is 23.9 Å². The number of nitrogens with one attached hydrogen (secondary N) is 1. The van der Waals surface area contributed by atoms with Crippen LogP contribution in [0.15, 0.2) is 52.5 Å². The zero-order valence-corrected chi connectivity index (χ0v) is 14.2. The Kier molecular flexibility index (Phi) is 6.61. The lowest BCUT2D eigenvalue weighted by molar-refractivity contribution is -0.113. The van der Waals surface area contributed by atoms with E-state index in [1.54, 1.807) is 18.0 Å². The first-order valence-corrected chi connectivity index (χ1v) is 9.08. The van der Waals surface area contributed by atoms with Crippen molar-refractivity contribution in [1.82, 2.24) is 4.98 Å². The van der Waals surface area contributed by atoms with E-state index < -0.39 is 0 Å². The topological polar surface area (TPSA) is 51.2 Å². The number of carbonyl (C=O) groups is 1. The van der Waals surface area contributed by atoms with Gasteiger partial charge in [0.1, 0.15) is 5.75 Å². The molecule has 22 heavy (non-hydrogen) atoms. The van der Waals surface area contributed by atoms with E-state index in [0.717, 1.165) is 21.4 Å². The molecule has 1 aromatic carbocycles. The third-order valence-electron chi connectivity index (χ3n) is 2.73. The smallest absolute Gasteiger partial charge is 0.234 e. The van der Waals surface area contributed by atoms with E-state index in [4.69, 9.17) is 4.74 Å². The molecular weight excluding hydrogens is 316 g/mol. The summed E-state index contributed by atoms with van der Waals surface area (Å²) in [5, 5.41) is 3.77. The Balaban J connectivity index is 1.81. The van der Waals surface area contributed by atoms with Gasteiger partial charge in [-0.05, 0) is 49.6 Å². The summed E-state index contributed by atoms with van der Waals surface area (Å²) in [6.45, 7) is 2.60. The summed E-state index contributed by atoms with van der Waals surface area (Å²) >= 11 is 3.06. The summed E-state index contributed by atoms with van der Waals surface area (Å²) in [6.07, 6.45) is 3.64. The van der Waals surface area contributed by atoms with Crippen molar-refractivity contribution in [3.8, 4) is 5.75 Å². The van der Waals surface area contributed by atoms with E-state index in [-0.39, 0.29) is 5.91 Å². The first kappa shape index (κ1) is 16.7. The highest BCUT2D eigenvalue weighted by Gasteiger charge is 2.04. The second kappa shape index (κ2) is 8.70. The fraction of sp³-hybridized carbons (Fsp3) is 0.250. The molecule has 1 amide bonds. The minimum Gasteiger partial charge on any atom is -0.494 e. The van der Waals surface area contributed by atoms with Crippen LogP contribution in [-0.2, 0) is 4.79 Å². The summed E-state index contributed by atoms with van der Waals surface area (Å²) in [4.78, 5) is 17.2. The maximum absolute atomic E-state index is 11.9. The number of carbonyl (C=O) groups excluding carboxylic acids is 1. The van der Waals surface area contributed by atoms with E-state index in [1.165, 1.54) is 11.8 Å². The second-order valence-corrected chi connectivity index (χ2v) is 6.21. The molecule has 0 aliphatic rings. The minimum absolute atomic E-state index is 0.0439. The largest absolute Gasteiger partial charge is 0.494 e. The molecule has 0 unspecified atom stereocenters. The van der Waals surface area contributed by atoms with Crippen molar-refractivity contribution in [3.63, 3.8) is 0 Å². The molecule has 1 aromatic heterocycles. The van der Waals surface area contributed by atoms with Crippen LogP contribution in [0.4, 0.5) is 5.69 Å². The van der Waals surface area contributed by atoms with Gasteiger partial charge in [-0.1, -0.05) is 0 Å². The van der Waals surface area contributed by atoms with Crippen molar-refractivity contribution in [2.24, 2.45) is 0 Å². The SMILES string of the molecule is CCOc1ccc(SCC(=O)Nc2ccc(SC)nc2)cc1. The fourth-order valence-corrected chi connectivity index (χ4v) is 2.78. The van der Waals surface area contributed by atoms with Crippen molar-refractivity contribution in [3.05, 3.63) is 42.6 Å². The summed E-state index contributed by atoms with van der Waals surface area (Å²) < 4.78 is 5.39. The van der Waals surface area contributed by atoms with E-state index in [0.29, 0.717) is 12.4 Å². The molecule has 116 valence electrons. The molecule has 1 N–H and O–H groups in total. The lowest BCUT2D eigenvalue weighted by Crippen LogP contribution is -2.14. The van der Waals surface area contributed by atoms with Gasteiger partial charge in [0.2, 0.25) is 5.91 Å². The summed E-state index contributed by atoms with van der Waals surface area (Å²) in [7, 11) is 0. The predicted molar refractivity (Wildman–Crippen MR) is 93.0 cm³/mol. The molecule has 0 aliphatic carbocycles. The van der Waals surface area contributed by atoms with Gasteiger partial charge < -0.3 is 10.1 Å². The Hall–Kier alpha value is -1.66. The summed E-state index contributed by atoms with van der Waals surface area (Å²) in [5.41, 5.74) is 0.718. The molecule has 4 nitrogen and oxygen atoms in total. The normalized spacial score (nSPS) is 10.3. The molecule has 1 heterocycles. The summed E-state index contributed by atoms with van der Waals surface area (Å²) in [6, 6.07) is 11.5. The van der Waals surface area contributed by atoms with Crippen molar-refractivity contribution >= 4 is 35.1 Å². The molecule has 0 atom stereocenters. The lowest BCUT2D eigenvalue weighted by Gasteiger charge is -2.06.